The predicted octanol–water partition coefficient (Wildman–Crippen LogP) is -0.673. The summed E-state index contributed by atoms with van der Waals surface area (Å²) in [6.07, 6.45) is 2.73. The quantitative estimate of drug-likeness (QED) is 0.380. The van der Waals surface area contributed by atoms with E-state index in [2.05, 4.69) is 10.3 Å². The maximum Gasteiger partial charge on any atom is 0.351 e. The van der Waals surface area contributed by atoms with Gasteiger partial charge in [0, 0.05) is 12.6 Å². The molecule has 1 aliphatic rings. The first-order valence-electron chi connectivity index (χ1n) is 6.32. The Labute approximate surface area is 129 Å². The number of hydrogen-bond donors (Lipinski definition) is 5. The van der Waals surface area contributed by atoms with Crippen LogP contribution in [0.15, 0.2) is 28.4 Å². The van der Waals surface area contributed by atoms with Crippen LogP contribution in [0, 0.1) is 0 Å². The molecule has 0 aliphatic carbocycles. The highest BCUT2D eigenvalue weighted by atomic mass is 16.4. The van der Waals surface area contributed by atoms with Crippen molar-refractivity contribution in [3.05, 3.63) is 23.4 Å². The molecule has 2 atom stereocenters. The molecule has 0 fully saturated rings. The lowest BCUT2D eigenvalue weighted by molar-refractivity contribution is -0.144. The minimum absolute atomic E-state index is 0.0329. The zero-order chi connectivity index (χ0) is 17.6. The maximum absolute atomic E-state index is 11.0. The van der Waals surface area contributed by atoms with Crippen LogP contribution in [0.1, 0.15) is 12.8 Å². The fourth-order valence-corrected chi connectivity index (χ4v) is 1.76. The molecule has 1 aliphatic heterocycles. The van der Waals surface area contributed by atoms with Gasteiger partial charge in [0.25, 0.3) is 0 Å². The third-order valence-corrected chi connectivity index (χ3v) is 2.84. The summed E-state index contributed by atoms with van der Waals surface area (Å²) in [4.78, 5) is 46.8. The first kappa shape index (κ1) is 17.9. The van der Waals surface area contributed by atoms with Crippen molar-refractivity contribution in [2.24, 2.45) is 4.99 Å². The number of nitrogens with one attached hydrogen (secondary N) is 1. The average Bonchev–Trinajstić information content (AvgIpc) is 2.45. The minimum atomic E-state index is -1.48. The van der Waals surface area contributed by atoms with E-state index < -0.39 is 42.4 Å². The van der Waals surface area contributed by atoms with Gasteiger partial charge < -0.3 is 25.7 Å². The highest BCUT2D eigenvalue weighted by molar-refractivity contribution is 5.90. The van der Waals surface area contributed by atoms with Crippen molar-refractivity contribution in [2.75, 3.05) is 0 Å². The second-order valence-electron chi connectivity index (χ2n) is 4.59. The Bertz CT molecular complexity index is 619. The van der Waals surface area contributed by atoms with Crippen LogP contribution in [0.2, 0.25) is 0 Å². The third kappa shape index (κ3) is 5.61. The number of nitrogens with zero attached hydrogens (tertiary/aromatic N) is 1. The normalized spacial score (nSPS) is 20.6. The molecule has 10 heteroatoms. The second kappa shape index (κ2) is 7.73. The standard InChI is InChI=1S/C13H14N2O8/c16-10(17)5-7(11(18)19)14-2-1-6-3-8(12(20)21)15-9(4-6)13(22)23/h1-3,7,9,15H,4-5H2,(H,16,17)(H,18,19)(H,20,21)(H,22,23)/b6-1+,14-2?/t7-,9-/m1/s1. The van der Waals surface area contributed by atoms with E-state index in [1.165, 1.54) is 12.2 Å². The molecular formula is C13H14N2O8. The Morgan fingerprint density at radius 1 is 1.26 bits per heavy atom. The van der Waals surface area contributed by atoms with Gasteiger partial charge in [-0.05, 0) is 17.7 Å². The highest BCUT2D eigenvalue weighted by Crippen LogP contribution is 2.16. The molecule has 0 aromatic carbocycles. The summed E-state index contributed by atoms with van der Waals surface area (Å²) in [5.41, 5.74) is -0.0135. The Morgan fingerprint density at radius 3 is 2.39 bits per heavy atom. The van der Waals surface area contributed by atoms with Crippen molar-refractivity contribution < 1.29 is 39.6 Å². The molecular weight excluding hydrogens is 312 g/mol. The molecule has 0 spiro atoms. The van der Waals surface area contributed by atoms with Crippen molar-refractivity contribution in [3.63, 3.8) is 0 Å². The molecule has 23 heavy (non-hydrogen) atoms. The number of carboxylic acids is 4. The van der Waals surface area contributed by atoms with Crippen LogP contribution in [0.4, 0.5) is 0 Å². The summed E-state index contributed by atoms with van der Waals surface area (Å²) in [5.74, 6) is -5.33. The molecule has 0 amide bonds. The molecule has 1 rings (SSSR count). The number of aliphatic carboxylic acids is 4. The molecule has 0 saturated carbocycles. The molecule has 5 N–H and O–H groups in total. The first-order chi connectivity index (χ1) is 10.7. The van der Waals surface area contributed by atoms with E-state index in [4.69, 9.17) is 20.4 Å². The van der Waals surface area contributed by atoms with Gasteiger partial charge in [0.1, 0.15) is 11.7 Å². The first-order valence-corrected chi connectivity index (χ1v) is 6.32. The van der Waals surface area contributed by atoms with Gasteiger partial charge in [-0.2, -0.15) is 0 Å². The summed E-state index contributed by atoms with van der Waals surface area (Å²) >= 11 is 0. The van der Waals surface area contributed by atoms with Crippen molar-refractivity contribution in [2.45, 2.75) is 24.9 Å². The predicted molar refractivity (Wildman–Crippen MR) is 75.1 cm³/mol. The fourth-order valence-electron chi connectivity index (χ4n) is 1.76. The van der Waals surface area contributed by atoms with Crippen molar-refractivity contribution >= 4 is 30.1 Å². The van der Waals surface area contributed by atoms with Crippen molar-refractivity contribution in [1.82, 2.24) is 5.32 Å². The van der Waals surface area contributed by atoms with Crippen LogP contribution < -0.4 is 5.32 Å². The molecule has 0 saturated heterocycles. The van der Waals surface area contributed by atoms with Crippen molar-refractivity contribution in [3.8, 4) is 0 Å². The Kier molecular flexibility index (Phi) is 6.01. The summed E-state index contributed by atoms with van der Waals surface area (Å²) < 4.78 is 0. The minimum Gasteiger partial charge on any atom is -0.481 e. The van der Waals surface area contributed by atoms with Crippen LogP contribution in [-0.4, -0.2) is 62.6 Å². The summed E-state index contributed by atoms with van der Waals surface area (Å²) in [5, 5.41) is 37.6. The third-order valence-electron chi connectivity index (χ3n) is 2.84. The largest absolute Gasteiger partial charge is 0.481 e. The molecule has 0 aromatic rings. The number of rotatable bonds is 7. The van der Waals surface area contributed by atoms with E-state index in [1.54, 1.807) is 0 Å². The van der Waals surface area contributed by atoms with Gasteiger partial charge in [-0.1, -0.05) is 0 Å². The van der Waals surface area contributed by atoms with Gasteiger partial charge in [-0.3, -0.25) is 9.79 Å². The second-order valence-corrected chi connectivity index (χ2v) is 4.59. The number of carbonyl (C=O) groups is 4. The van der Waals surface area contributed by atoms with E-state index >= 15 is 0 Å². The molecule has 0 bridgehead atoms. The zero-order valence-electron chi connectivity index (χ0n) is 11.7. The maximum atomic E-state index is 11.0. The lowest BCUT2D eigenvalue weighted by Gasteiger charge is -2.21. The molecule has 124 valence electrons. The van der Waals surface area contributed by atoms with Gasteiger partial charge >= 0.3 is 23.9 Å². The average molecular weight is 326 g/mol. The van der Waals surface area contributed by atoms with Crippen LogP contribution in [0.3, 0.4) is 0 Å². The zero-order valence-corrected chi connectivity index (χ0v) is 11.7. The topological polar surface area (TPSA) is 174 Å². The van der Waals surface area contributed by atoms with Gasteiger partial charge in [-0.25, -0.2) is 14.4 Å². The number of aliphatic imine (C=N–C) groups is 1. The van der Waals surface area contributed by atoms with Crippen LogP contribution >= 0.6 is 0 Å². The lowest BCUT2D eigenvalue weighted by Crippen LogP contribution is -2.41. The number of allylic oxidation sites excluding steroid dienone is 2. The van der Waals surface area contributed by atoms with Crippen molar-refractivity contribution in [1.29, 1.82) is 0 Å². The van der Waals surface area contributed by atoms with Gasteiger partial charge in [0.05, 0.1) is 6.42 Å². The Hall–Kier alpha value is -3.17. The molecule has 0 aromatic heterocycles. The molecule has 10 nitrogen and oxygen atoms in total. The SMILES string of the molecule is O=C(O)C[C@@H](N=C/C=C1\C=C(C(=O)O)N[C@@H](C(=O)O)C1)C(=O)O. The lowest BCUT2D eigenvalue weighted by atomic mass is 10.00. The summed E-state index contributed by atoms with van der Waals surface area (Å²) in [6, 6.07) is -2.62. The van der Waals surface area contributed by atoms with E-state index in [0.717, 1.165) is 6.21 Å². The monoisotopic (exact) mass is 326 g/mol. The summed E-state index contributed by atoms with van der Waals surface area (Å²) in [7, 11) is 0. The van der Waals surface area contributed by atoms with E-state index in [1.807, 2.05) is 0 Å². The van der Waals surface area contributed by atoms with Gasteiger partial charge in [0.2, 0.25) is 0 Å². The van der Waals surface area contributed by atoms with Crippen LogP contribution in [0.25, 0.3) is 0 Å². The number of carboxylic acid groups (broad SMARTS) is 4. The van der Waals surface area contributed by atoms with E-state index in [0.29, 0.717) is 5.57 Å². The Morgan fingerprint density at radius 2 is 1.91 bits per heavy atom. The van der Waals surface area contributed by atoms with E-state index in [9.17, 15) is 19.2 Å². The molecule has 0 unspecified atom stereocenters. The van der Waals surface area contributed by atoms with Gasteiger partial charge in [-0.15, -0.1) is 0 Å². The molecule has 1 heterocycles. The van der Waals surface area contributed by atoms with E-state index in [-0.39, 0.29) is 12.1 Å². The van der Waals surface area contributed by atoms with Gasteiger partial charge in [0.15, 0.2) is 6.04 Å². The van der Waals surface area contributed by atoms with Crippen LogP contribution in [0.5, 0.6) is 0 Å². The summed E-state index contributed by atoms with van der Waals surface area (Å²) in [6.45, 7) is 0. The smallest absolute Gasteiger partial charge is 0.351 e. The Balaban J connectivity index is 2.95. The molecule has 0 radical (unpaired) electrons. The highest BCUT2D eigenvalue weighted by Gasteiger charge is 2.26. The number of hydrogen-bond acceptors (Lipinski definition) is 6. The van der Waals surface area contributed by atoms with Crippen LogP contribution in [-0.2, 0) is 19.2 Å². The fraction of sp³-hybridized carbons (Fsp3) is 0.308.